The van der Waals surface area contributed by atoms with Crippen molar-refractivity contribution in [3.8, 4) is 0 Å². The predicted octanol–water partition coefficient (Wildman–Crippen LogP) is 4.08. The number of hydrogen-bond donors (Lipinski definition) is 3. The van der Waals surface area contributed by atoms with Gasteiger partial charge in [-0.05, 0) is 111 Å². The predicted molar refractivity (Wildman–Crippen MR) is 174 cm³/mol. The molecule has 2 aromatic heterocycles. The first-order chi connectivity index (χ1) is 21.3. The van der Waals surface area contributed by atoms with E-state index in [9.17, 15) is 13.2 Å². The smallest absolute Gasteiger partial charge is 0.355 e. The van der Waals surface area contributed by atoms with E-state index < -0.39 is 16.0 Å². The first-order valence-electron chi connectivity index (χ1n) is 15.6. The molecule has 234 valence electrons. The second kappa shape index (κ2) is 13.2. The normalized spacial score (nSPS) is 18.3. The minimum Gasteiger partial charge on any atom is -0.461 e. The molecule has 0 radical (unpaired) electrons. The van der Waals surface area contributed by atoms with Gasteiger partial charge in [-0.2, -0.15) is 0 Å². The Hall–Kier alpha value is -3.51. The molecule has 1 atom stereocenters. The second-order valence-electron chi connectivity index (χ2n) is 12.2. The van der Waals surface area contributed by atoms with Gasteiger partial charge in [0, 0.05) is 23.7 Å². The van der Waals surface area contributed by atoms with Gasteiger partial charge in [-0.25, -0.2) is 18.2 Å². The van der Waals surface area contributed by atoms with Crippen LogP contribution < -0.4 is 15.8 Å². The lowest BCUT2D eigenvalue weighted by Gasteiger charge is -2.28. The lowest BCUT2D eigenvalue weighted by molar-refractivity contribution is 0.0373. The molecule has 2 aliphatic rings. The molecular formula is C33H42N6O4S. The van der Waals surface area contributed by atoms with Crippen LogP contribution in [0.5, 0.6) is 0 Å². The maximum atomic E-state index is 13.6. The number of aromatic nitrogens is 2. The van der Waals surface area contributed by atoms with Gasteiger partial charge in [0.15, 0.2) is 0 Å². The molecule has 2 aliphatic heterocycles. The third-order valence-electron chi connectivity index (χ3n) is 8.95. The molecule has 2 fully saturated rings. The molecule has 4 N–H and O–H groups in total. The number of sulfonamides is 1. The van der Waals surface area contributed by atoms with Gasteiger partial charge in [-0.1, -0.05) is 24.3 Å². The van der Waals surface area contributed by atoms with Crippen molar-refractivity contribution in [3.63, 3.8) is 0 Å². The highest BCUT2D eigenvalue weighted by molar-refractivity contribution is 7.92. The van der Waals surface area contributed by atoms with E-state index in [-0.39, 0.29) is 18.3 Å². The van der Waals surface area contributed by atoms with Crippen LogP contribution >= 0.6 is 0 Å². The van der Waals surface area contributed by atoms with Gasteiger partial charge in [-0.15, -0.1) is 0 Å². The van der Waals surface area contributed by atoms with E-state index in [4.69, 9.17) is 15.5 Å². The number of piperidine rings is 1. The summed E-state index contributed by atoms with van der Waals surface area (Å²) in [6.07, 6.45) is 4.65. The molecule has 1 unspecified atom stereocenters. The molecule has 6 rings (SSSR count). The summed E-state index contributed by atoms with van der Waals surface area (Å²) in [6.45, 7) is 3.89. The number of pyridine rings is 1. The van der Waals surface area contributed by atoms with Crippen molar-refractivity contribution >= 4 is 43.5 Å². The zero-order valence-corrected chi connectivity index (χ0v) is 26.1. The Morgan fingerprint density at radius 2 is 1.91 bits per heavy atom. The van der Waals surface area contributed by atoms with Crippen molar-refractivity contribution in [2.24, 2.45) is 11.7 Å². The topological polar surface area (TPSA) is 132 Å². The summed E-state index contributed by atoms with van der Waals surface area (Å²) in [5, 5.41) is 6.05. The molecule has 0 aliphatic carbocycles. The van der Waals surface area contributed by atoms with E-state index in [1.807, 2.05) is 59.2 Å². The molecule has 2 aromatic carbocycles. The zero-order valence-electron chi connectivity index (χ0n) is 25.3. The summed E-state index contributed by atoms with van der Waals surface area (Å²) in [5.74, 6) is -0.000317. The van der Waals surface area contributed by atoms with Crippen molar-refractivity contribution in [1.82, 2.24) is 19.8 Å². The Morgan fingerprint density at radius 3 is 2.68 bits per heavy atom. The third kappa shape index (κ3) is 7.07. The molecule has 0 spiro atoms. The number of hydrogen-bond acceptors (Lipinski definition) is 8. The Kier molecular flexibility index (Phi) is 9.18. The molecule has 0 bridgehead atoms. The summed E-state index contributed by atoms with van der Waals surface area (Å²) in [5.41, 5.74) is 9.05. The fourth-order valence-corrected chi connectivity index (χ4v) is 7.56. The number of rotatable bonds is 11. The van der Waals surface area contributed by atoms with Crippen LogP contribution in [0.4, 0.5) is 5.69 Å². The van der Waals surface area contributed by atoms with Gasteiger partial charge in [-0.3, -0.25) is 4.72 Å². The number of carbonyl (C=O) groups is 1. The van der Waals surface area contributed by atoms with Gasteiger partial charge < -0.3 is 25.3 Å². The lowest BCUT2D eigenvalue weighted by atomic mass is 9.98. The van der Waals surface area contributed by atoms with Gasteiger partial charge in [0.05, 0.1) is 24.6 Å². The Bertz CT molecular complexity index is 1740. The standard InChI is InChI=1S/C33H42N6O4S/c1-38-14-10-23(11-15-38)22-43-33(40)31-19-25-8-9-28(20-34)36-32(25)39(31)21-26-18-29(17-24-5-2-3-7-30(24)26)37-44(41,42)16-12-27-6-4-13-35-27/h2-3,5,7-9,17-19,23,27,35,37H,4,6,10-16,20-22,34H2,1H3. The SMILES string of the molecule is CN1CCC(COC(=O)c2cc3ccc(CN)nc3n2Cc2cc(NS(=O)(=O)CCC3CCCN3)cc3ccccc23)CC1. The Morgan fingerprint density at radius 1 is 1.09 bits per heavy atom. The van der Waals surface area contributed by atoms with Crippen LogP contribution in [0.3, 0.4) is 0 Å². The fourth-order valence-electron chi connectivity index (χ4n) is 6.39. The highest BCUT2D eigenvalue weighted by Crippen LogP contribution is 2.29. The van der Waals surface area contributed by atoms with Crippen LogP contribution in [0.2, 0.25) is 0 Å². The Labute approximate surface area is 259 Å². The fraction of sp³-hybridized carbons (Fsp3) is 0.455. The maximum absolute atomic E-state index is 13.6. The average molecular weight is 619 g/mol. The summed E-state index contributed by atoms with van der Waals surface area (Å²) < 4.78 is 36.8. The van der Waals surface area contributed by atoms with Crippen LogP contribution in [0, 0.1) is 5.92 Å². The van der Waals surface area contributed by atoms with Crippen LogP contribution in [-0.4, -0.2) is 73.9 Å². The highest BCUT2D eigenvalue weighted by atomic mass is 32.2. The van der Waals surface area contributed by atoms with E-state index >= 15 is 0 Å². The largest absolute Gasteiger partial charge is 0.461 e. The van der Waals surface area contributed by atoms with E-state index in [1.54, 1.807) is 0 Å². The summed E-state index contributed by atoms with van der Waals surface area (Å²) >= 11 is 0. The molecule has 10 nitrogen and oxygen atoms in total. The average Bonchev–Trinajstić information content (AvgIpc) is 3.67. The first-order valence-corrected chi connectivity index (χ1v) is 17.2. The van der Waals surface area contributed by atoms with Crippen molar-refractivity contribution in [2.45, 2.75) is 51.2 Å². The van der Waals surface area contributed by atoms with E-state index in [0.717, 1.165) is 67.0 Å². The van der Waals surface area contributed by atoms with E-state index in [0.29, 0.717) is 48.2 Å². The molecular weight excluding hydrogens is 576 g/mol. The Balaban J connectivity index is 1.31. The number of ether oxygens (including phenoxy) is 1. The third-order valence-corrected chi connectivity index (χ3v) is 10.3. The summed E-state index contributed by atoms with van der Waals surface area (Å²) in [7, 11) is -1.44. The molecule has 0 amide bonds. The number of anilines is 1. The molecule has 11 heteroatoms. The first kappa shape index (κ1) is 30.5. The molecule has 44 heavy (non-hydrogen) atoms. The monoisotopic (exact) mass is 618 g/mol. The lowest BCUT2D eigenvalue weighted by Crippen LogP contribution is -2.32. The van der Waals surface area contributed by atoms with Gasteiger partial charge in [0.1, 0.15) is 11.3 Å². The number of nitrogens with zero attached hydrogens (tertiary/aromatic N) is 3. The zero-order chi connectivity index (χ0) is 30.7. The van der Waals surface area contributed by atoms with Crippen molar-refractivity contribution in [3.05, 3.63) is 71.5 Å². The van der Waals surface area contributed by atoms with E-state index in [2.05, 4.69) is 22.0 Å². The number of fused-ring (bicyclic) bond motifs is 2. The summed E-state index contributed by atoms with van der Waals surface area (Å²) in [6, 6.07) is 17.4. The molecule has 4 heterocycles. The van der Waals surface area contributed by atoms with Crippen molar-refractivity contribution in [1.29, 1.82) is 0 Å². The number of carbonyl (C=O) groups excluding carboxylic acids is 1. The quantitative estimate of drug-likeness (QED) is 0.214. The molecule has 4 aromatic rings. The maximum Gasteiger partial charge on any atom is 0.355 e. The number of esters is 1. The van der Waals surface area contributed by atoms with E-state index in [1.165, 1.54) is 0 Å². The van der Waals surface area contributed by atoms with Gasteiger partial charge in [0.2, 0.25) is 10.0 Å². The number of nitrogens with one attached hydrogen (secondary N) is 2. The van der Waals surface area contributed by atoms with Crippen LogP contribution in [0.25, 0.3) is 21.8 Å². The highest BCUT2D eigenvalue weighted by Gasteiger charge is 2.24. The van der Waals surface area contributed by atoms with Crippen LogP contribution in [0.15, 0.2) is 54.6 Å². The second-order valence-corrected chi connectivity index (χ2v) is 14.1. The van der Waals surface area contributed by atoms with Crippen molar-refractivity contribution < 1.29 is 17.9 Å². The van der Waals surface area contributed by atoms with Gasteiger partial charge in [0.25, 0.3) is 0 Å². The minimum absolute atomic E-state index is 0.0497. The summed E-state index contributed by atoms with van der Waals surface area (Å²) in [4.78, 5) is 20.7. The van der Waals surface area contributed by atoms with Crippen LogP contribution in [-0.2, 0) is 27.8 Å². The van der Waals surface area contributed by atoms with Gasteiger partial charge >= 0.3 is 5.97 Å². The number of nitrogens with two attached hydrogens (primary N) is 1. The van der Waals surface area contributed by atoms with Crippen LogP contribution in [0.1, 0.15) is 53.8 Å². The number of benzene rings is 2. The molecule has 2 saturated heterocycles. The molecule has 0 saturated carbocycles. The van der Waals surface area contributed by atoms with Crippen molar-refractivity contribution in [2.75, 3.05) is 43.8 Å². The minimum atomic E-state index is -3.56. The number of likely N-dealkylation sites (tertiary alicyclic amines) is 1.